The molecule has 8 heteroatoms. The minimum atomic E-state index is -0.346. The smallest absolute Gasteiger partial charge is 0.350 e. The molecule has 1 aromatic heterocycles. The van der Waals surface area contributed by atoms with E-state index >= 15 is 0 Å². The number of anilines is 2. The number of benzene rings is 2. The van der Waals surface area contributed by atoms with Crippen molar-refractivity contribution < 1.29 is 19.0 Å². The van der Waals surface area contributed by atoms with Crippen LogP contribution in [0, 0.1) is 0 Å². The molecular weight excluding hydrogens is 422 g/mol. The Labute approximate surface area is 192 Å². The maximum absolute atomic E-state index is 12.7. The molecule has 0 bridgehead atoms. The summed E-state index contributed by atoms with van der Waals surface area (Å²) in [6.45, 7) is 3.00. The number of aryl methyl sites for hydroxylation is 1. The third-order valence-electron chi connectivity index (χ3n) is 5.63. The Kier molecular flexibility index (Phi) is 6.63. The van der Waals surface area contributed by atoms with Gasteiger partial charge >= 0.3 is 11.7 Å². The minimum absolute atomic E-state index is 0.327. The van der Waals surface area contributed by atoms with E-state index in [4.69, 9.17) is 14.2 Å². The van der Waals surface area contributed by atoms with E-state index in [2.05, 4.69) is 10.3 Å². The molecule has 0 atom stereocenters. The molecule has 0 fully saturated rings. The van der Waals surface area contributed by atoms with E-state index in [1.54, 1.807) is 43.1 Å². The molecule has 1 aliphatic rings. The molecule has 0 aliphatic carbocycles. The van der Waals surface area contributed by atoms with E-state index in [0.717, 1.165) is 29.7 Å². The average molecular weight is 450 g/mol. The first-order chi connectivity index (χ1) is 16.0. The van der Waals surface area contributed by atoms with Crippen LogP contribution < -0.4 is 20.5 Å². The summed E-state index contributed by atoms with van der Waals surface area (Å²) in [5.74, 6) is 1.34. The maximum atomic E-state index is 12.7. The first-order valence-electron chi connectivity index (χ1n) is 11.0. The Balaban J connectivity index is 1.60. The molecule has 0 spiro atoms. The summed E-state index contributed by atoms with van der Waals surface area (Å²) in [4.78, 5) is 29.0. The topological polar surface area (TPSA) is 91.7 Å². The van der Waals surface area contributed by atoms with E-state index in [0.29, 0.717) is 48.1 Å². The van der Waals surface area contributed by atoms with Crippen molar-refractivity contribution in [3.63, 3.8) is 0 Å². The van der Waals surface area contributed by atoms with Gasteiger partial charge in [-0.3, -0.25) is 4.57 Å². The normalized spacial score (nSPS) is 11.8. The predicted octanol–water partition coefficient (Wildman–Crippen LogP) is 4.18. The monoisotopic (exact) mass is 449 g/mol. The number of nitrogens with one attached hydrogen (secondary N) is 1. The number of hydrogen-bond acceptors (Lipinski definition) is 7. The van der Waals surface area contributed by atoms with Gasteiger partial charge in [0, 0.05) is 23.9 Å². The fourth-order valence-corrected chi connectivity index (χ4v) is 3.84. The summed E-state index contributed by atoms with van der Waals surface area (Å²) >= 11 is 0. The molecule has 8 nitrogen and oxygen atoms in total. The van der Waals surface area contributed by atoms with Gasteiger partial charge in [-0.05, 0) is 54.8 Å². The van der Waals surface area contributed by atoms with E-state index in [1.807, 2.05) is 25.1 Å². The van der Waals surface area contributed by atoms with Crippen molar-refractivity contribution in [2.45, 2.75) is 32.7 Å². The van der Waals surface area contributed by atoms with Crippen LogP contribution >= 0.6 is 0 Å². The summed E-state index contributed by atoms with van der Waals surface area (Å²) < 4.78 is 17.8. The van der Waals surface area contributed by atoms with E-state index in [9.17, 15) is 9.59 Å². The highest BCUT2D eigenvalue weighted by molar-refractivity contribution is 5.90. The summed E-state index contributed by atoms with van der Waals surface area (Å²) in [5.41, 5.74) is 3.61. The largest absolute Gasteiger partial charge is 0.493 e. The molecule has 0 saturated heterocycles. The number of methoxy groups -OCH3 is 2. The molecule has 172 valence electrons. The van der Waals surface area contributed by atoms with Crippen LogP contribution in [0.4, 0.5) is 11.5 Å². The second kappa shape index (κ2) is 9.77. The molecule has 3 aromatic rings. The van der Waals surface area contributed by atoms with Crippen LogP contribution in [-0.2, 0) is 17.7 Å². The van der Waals surface area contributed by atoms with Gasteiger partial charge in [-0.2, -0.15) is 4.98 Å². The Hall–Kier alpha value is -3.81. The van der Waals surface area contributed by atoms with Gasteiger partial charge < -0.3 is 19.5 Å². The van der Waals surface area contributed by atoms with Crippen molar-refractivity contribution in [3.05, 3.63) is 64.1 Å². The summed E-state index contributed by atoms with van der Waals surface area (Å²) in [5, 5.41) is 3.16. The second-order valence-corrected chi connectivity index (χ2v) is 7.77. The molecule has 0 unspecified atom stereocenters. The van der Waals surface area contributed by atoms with Gasteiger partial charge in [0.25, 0.3) is 0 Å². The molecule has 0 radical (unpaired) electrons. The van der Waals surface area contributed by atoms with Crippen LogP contribution in [0.3, 0.4) is 0 Å². The third kappa shape index (κ3) is 4.69. The minimum Gasteiger partial charge on any atom is -0.493 e. The van der Waals surface area contributed by atoms with Crippen LogP contribution in [0.15, 0.2) is 47.3 Å². The lowest BCUT2D eigenvalue weighted by molar-refractivity contribution is 0.0500. The molecule has 0 saturated carbocycles. The molecule has 2 aromatic carbocycles. The van der Waals surface area contributed by atoms with Crippen LogP contribution in [0.5, 0.6) is 11.5 Å². The van der Waals surface area contributed by atoms with Crippen molar-refractivity contribution in [2.24, 2.45) is 0 Å². The molecule has 1 N–H and O–H groups in total. The van der Waals surface area contributed by atoms with Crippen molar-refractivity contribution >= 4 is 17.5 Å². The first-order valence-corrected chi connectivity index (χ1v) is 11.0. The Morgan fingerprint density at radius 1 is 1.09 bits per heavy atom. The molecular formula is C25H27N3O5. The number of fused-ring (bicyclic) bond motifs is 3. The highest BCUT2D eigenvalue weighted by Crippen LogP contribution is 2.38. The Morgan fingerprint density at radius 3 is 2.52 bits per heavy atom. The lowest BCUT2D eigenvalue weighted by Crippen LogP contribution is -2.28. The van der Waals surface area contributed by atoms with E-state index in [1.165, 1.54) is 0 Å². The lowest BCUT2D eigenvalue weighted by atomic mass is 9.97. The molecule has 33 heavy (non-hydrogen) atoms. The number of carbonyl (C=O) groups is 1. The SMILES string of the molecule is CCCCOC(=O)c1ccc(Nc2cc3n(c(=O)n2)CCc2cc(OC)c(OC)cc2-3)cc1. The molecule has 1 aliphatic heterocycles. The van der Waals surface area contributed by atoms with Crippen molar-refractivity contribution in [1.82, 2.24) is 9.55 Å². The lowest BCUT2D eigenvalue weighted by Gasteiger charge is -2.23. The molecule has 4 rings (SSSR count). The zero-order chi connectivity index (χ0) is 23.4. The quantitative estimate of drug-likeness (QED) is 0.407. The number of ether oxygens (including phenoxy) is 3. The third-order valence-corrected chi connectivity index (χ3v) is 5.63. The number of aromatic nitrogens is 2. The van der Waals surface area contributed by atoms with Crippen LogP contribution in [-0.4, -0.2) is 36.3 Å². The number of unbranched alkanes of at least 4 members (excludes halogenated alkanes) is 1. The second-order valence-electron chi connectivity index (χ2n) is 7.77. The number of nitrogens with zero attached hydrogens (tertiary/aromatic N) is 2. The predicted molar refractivity (Wildman–Crippen MR) is 126 cm³/mol. The van der Waals surface area contributed by atoms with E-state index in [-0.39, 0.29) is 11.7 Å². The highest BCUT2D eigenvalue weighted by atomic mass is 16.5. The van der Waals surface area contributed by atoms with Crippen molar-refractivity contribution in [3.8, 4) is 22.8 Å². The van der Waals surface area contributed by atoms with Crippen LogP contribution in [0.25, 0.3) is 11.3 Å². The first kappa shape index (κ1) is 22.4. The molecule has 0 amide bonds. The van der Waals surface area contributed by atoms with Crippen LogP contribution in [0.2, 0.25) is 0 Å². The van der Waals surface area contributed by atoms with Gasteiger partial charge in [-0.1, -0.05) is 13.3 Å². The number of esters is 1. The van der Waals surface area contributed by atoms with Gasteiger partial charge in [0.15, 0.2) is 11.5 Å². The Morgan fingerprint density at radius 2 is 1.82 bits per heavy atom. The Bertz CT molecular complexity index is 1220. The van der Waals surface area contributed by atoms with Gasteiger partial charge in [0.05, 0.1) is 32.1 Å². The van der Waals surface area contributed by atoms with Gasteiger partial charge in [-0.15, -0.1) is 0 Å². The van der Waals surface area contributed by atoms with Gasteiger partial charge in [0.2, 0.25) is 0 Å². The number of hydrogen-bond donors (Lipinski definition) is 1. The van der Waals surface area contributed by atoms with Crippen molar-refractivity contribution in [1.29, 1.82) is 0 Å². The fraction of sp³-hybridized carbons (Fsp3) is 0.320. The zero-order valence-corrected chi connectivity index (χ0v) is 19.0. The number of rotatable bonds is 8. The van der Waals surface area contributed by atoms with Gasteiger partial charge in [-0.25, -0.2) is 9.59 Å². The highest BCUT2D eigenvalue weighted by Gasteiger charge is 2.21. The van der Waals surface area contributed by atoms with Crippen LogP contribution in [0.1, 0.15) is 35.7 Å². The van der Waals surface area contributed by atoms with E-state index < -0.39 is 0 Å². The fourth-order valence-electron chi connectivity index (χ4n) is 3.84. The summed E-state index contributed by atoms with van der Waals surface area (Å²) in [6.07, 6.45) is 2.51. The number of carbonyl (C=O) groups excluding carboxylic acids is 1. The van der Waals surface area contributed by atoms with Crippen molar-refractivity contribution in [2.75, 3.05) is 26.1 Å². The summed E-state index contributed by atoms with van der Waals surface area (Å²) in [6, 6.07) is 12.6. The molecule has 2 heterocycles. The maximum Gasteiger partial charge on any atom is 0.350 e. The van der Waals surface area contributed by atoms with Gasteiger partial charge in [0.1, 0.15) is 5.82 Å². The standard InChI is InChI=1S/C25H27N3O5/c1-4-5-12-33-24(29)16-6-8-18(9-7-16)26-23-15-20-19-14-22(32-3)21(31-2)13-17(19)10-11-28(20)25(30)27-23/h6-9,13-15H,4-5,10-12H2,1-3H3,(H,26,27,30). The summed E-state index contributed by atoms with van der Waals surface area (Å²) in [7, 11) is 3.19. The zero-order valence-electron chi connectivity index (χ0n) is 19.0. The average Bonchev–Trinajstić information content (AvgIpc) is 2.83.